The van der Waals surface area contributed by atoms with Gasteiger partial charge in [0.1, 0.15) is 23.4 Å². The fraction of sp³-hybridized carbons (Fsp3) is 0.364. The molecular formula is C55H61N9O7. The van der Waals surface area contributed by atoms with Crippen molar-refractivity contribution in [3.8, 4) is 50.6 Å². The number of aromatic amines is 2. The number of carbonyl (C=O) groups is 3. The van der Waals surface area contributed by atoms with Gasteiger partial charge in [0.2, 0.25) is 24.5 Å². The molecule has 7 aromatic rings. The summed E-state index contributed by atoms with van der Waals surface area (Å²) in [5, 5.41) is 16.9. The molecule has 16 heteroatoms. The number of aliphatic hydroxyl groups excluding tert-OH is 1. The highest BCUT2D eigenvalue weighted by atomic mass is 16.6. The second kappa shape index (κ2) is 19.9. The molecule has 0 aliphatic carbocycles. The van der Waals surface area contributed by atoms with Gasteiger partial charge < -0.3 is 49.0 Å². The van der Waals surface area contributed by atoms with Crippen LogP contribution in [0.4, 0.5) is 4.79 Å². The maximum atomic E-state index is 13.9. The topological polar surface area (TPSA) is 192 Å². The van der Waals surface area contributed by atoms with E-state index < -0.39 is 30.8 Å². The minimum Gasteiger partial charge on any atom is -0.465 e. The predicted octanol–water partition coefficient (Wildman–Crippen LogP) is 8.94. The first-order valence-electron chi connectivity index (χ1n) is 24.5. The summed E-state index contributed by atoms with van der Waals surface area (Å²) >= 11 is 0. The number of alkyl carbamates (subject to hydrolysis) is 1. The Labute approximate surface area is 412 Å². The van der Waals surface area contributed by atoms with Crippen molar-refractivity contribution in [3.63, 3.8) is 0 Å². The number of fused-ring (bicyclic) bond motifs is 5. The Morgan fingerprint density at radius 1 is 0.718 bits per heavy atom. The molecule has 3 aromatic heterocycles. The predicted molar refractivity (Wildman–Crippen MR) is 270 cm³/mol. The highest BCUT2D eigenvalue weighted by Gasteiger charge is 2.39. The van der Waals surface area contributed by atoms with Crippen molar-refractivity contribution in [2.75, 3.05) is 27.3 Å². The third kappa shape index (κ3) is 9.18. The average molecular weight is 960 g/mol. The van der Waals surface area contributed by atoms with E-state index in [1.807, 2.05) is 68.1 Å². The third-order valence-corrected chi connectivity index (χ3v) is 14.3. The first-order valence-corrected chi connectivity index (χ1v) is 24.5. The molecule has 10 rings (SSSR count). The third-order valence-electron chi connectivity index (χ3n) is 14.3. The molecule has 0 radical (unpaired) electrons. The van der Waals surface area contributed by atoms with Crippen LogP contribution in [0, 0.1) is 11.8 Å². The Morgan fingerprint density at radius 3 is 1.90 bits per heavy atom. The van der Waals surface area contributed by atoms with Crippen molar-refractivity contribution in [3.05, 3.63) is 127 Å². The Hall–Kier alpha value is -7.27. The molecule has 2 saturated heterocycles. The van der Waals surface area contributed by atoms with Crippen molar-refractivity contribution in [2.24, 2.45) is 11.8 Å². The summed E-state index contributed by atoms with van der Waals surface area (Å²) in [6, 6.07) is 31.8. The van der Waals surface area contributed by atoms with Crippen molar-refractivity contribution >= 4 is 28.8 Å². The molecule has 0 bridgehead atoms. The Balaban J connectivity index is 0.967. The molecule has 368 valence electrons. The zero-order valence-corrected chi connectivity index (χ0v) is 40.9. The van der Waals surface area contributed by atoms with Crippen molar-refractivity contribution in [1.82, 2.24) is 44.9 Å². The number of hydrogen-bond acceptors (Lipinski definition) is 10. The van der Waals surface area contributed by atoms with E-state index >= 15 is 0 Å². The van der Waals surface area contributed by atoms with Gasteiger partial charge in [-0.25, -0.2) is 14.8 Å². The van der Waals surface area contributed by atoms with E-state index in [9.17, 15) is 19.5 Å². The van der Waals surface area contributed by atoms with Gasteiger partial charge in [0.15, 0.2) is 0 Å². The van der Waals surface area contributed by atoms with Crippen LogP contribution in [-0.4, -0.2) is 103 Å². The molecule has 3 amide bonds. The lowest BCUT2D eigenvalue weighted by molar-refractivity contribution is -0.145. The largest absolute Gasteiger partial charge is 0.465 e. The molecule has 4 aromatic carbocycles. The van der Waals surface area contributed by atoms with Gasteiger partial charge in [0, 0.05) is 47.8 Å². The number of imidazole rings is 2. The maximum Gasteiger partial charge on any atom is 0.407 e. The number of methoxy groups -OCH3 is 2. The van der Waals surface area contributed by atoms with Crippen LogP contribution < -0.4 is 15.4 Å². The van der Waals surface area contributed by atoms with Crippen LogP contribution in [0.25, 0.3) is 55.8 Å². The highest BCUT2D eigenvalue weighted by Crippen LogP contribution is 2.46. The van der Waals surface area contributed by atoms with Crippen LogP contribution in [-0.2, 0) is 19.1 Å². The zero-order chi connectivity index (χ0) is 49.5. The zero-order valence-electron chi connectivity index (χ0n) is 40.9. The second-order valence-corrected chi connectivity index (χ2v) is 19.4. The highest BCUT2D eigenvalue weighted by molar-refractivity contribution is 5.93. The van der Waals surface area contributed by atoms with E-state index in [0.717, 1.165) is 98.6 Å². The lowest BCUT2D eigenvalue weighted by Gasteiger charge is -2.31. The monoisotopic (exact) mass is 959 g/mol. The number of nitrogens with one attached hydrogen (secondary N) is 4. The van der Waals surface area contributed by atoms with Crippen LogP contribution in [0.5, 0.6) is 5.75 Å². The number of carbonyl (C=O) groups excluding carboxylic acids is 3. The number of rotatable bonds is 14. The first-order chi connectivity index (χ1) is 34.4. The van der Waals surface area contributed by atoms with Crippen LogP contribution >= 0.6 is 0 Å². The Bertz CT molecular complexity index is 3050. The quantitative estimate of drug-likeness (QED) is 0.0658. The second-order valence-electron chi connectivity index (χ2n) is 19.4. The van der Waals surface area contributed by atoms with E-state index in [-0.39, 0.29) is 35.7 Å². The molecule has 6 atom stereocenters. The maximum absolute atomic E-state index is 13.9. The number of aromatic nitrogens is 5. The summed E-state index contributed by atoms with van der Waals surface area (Å²) in [4.78, 5) is 60.3. The molecule has 0 saturated carbocycles. The SMILES string of the molecule is COC(=O)N[C@H](C(=O)N1CCCC1c1ncc(-c2ccc3c(c2)OC(c2ccc(-c4ccccc4)cc2)n2c-3cc3cc(-c4cnc([C@@H]5CCCN5C(=O)[C@@H](NC(O)OC)C(C)C)[nH]4)ccc32)[nH]1)C(C)C. The van der Waals surface area contributed by atoms with Crippen LogP contribution in [0.15, 0.2) is 109 Å². The summed E-state index contributed by atoms with van der Waals surface area (Å²) < 4.78 is 19.2. The molecule has 3 unspecified atom stereocenters. The first kappa shape index (κ1) is 47.4. The van der Waals surface area contributed by atoms with Gasteiger partial charge in [-0.1, -0.05) is 94.4 Å². The normalized spacial score (nSPS) is 18.9. The molecule has 3 aliphatic rings. The van der Waals surface area contributed by atoms with Gasteiger partial charge in [-0.15, -0.1) is 0 Å². The van der Waals surface area contributed by atoms with Gasteiger partial charge in [-0.2, -0.15) is 0 Å². The fourth-order valence-electron chi connectivity index (χ4n) is 10.5. The van der Waals surface area contributed by atoms with Crippen LogP contribution in [0.1, 0.15) is 88.9 Å². The lowest BCUT2D eigenvalue weighted by Crippen LogP contribution is -2.52. The molecule has 3 aliphatic heterocycles. The molecule has 2 fully saturated rings. The number of H-pyrrole nitrogens is 2. The number of benzene rings is 4. The van der Waals surface area contributed by atoms with E-state index in [2.05, 4.69) is 104 Å². The standard InChI is InChI=1S/C55H61N9O7/c1-31(2)47(60-54(67)69-5)51(65)62-24-10-14-43(62)49-56-29-40(58-49)36-21-23-42-38(26-36)27-45-39-22-20-37(28-46(39)71-53(64(42)45)35-18-16-34(17-19-35)33-12-8-7-9-13-33)41-30-57-50(59-41)44-15-11-25-63(44)52(66)48(32(3)4)61-55(68)70-6/h7-9,12-13,16-23,26-32,43-44,47-48,53-54,60,67H,10-11,14-15,24-25H2,1-6H3,(H,56,58)(H,57,59)(H,61,68)/t43-,44?,47-,48-,53?,54?/m0/s1. The molecular weight excluding hydrogens is 899 g/mol. The van der Waals surface area contributed by atoms with E-state index in [1.165, 1.54) is 14.2 Å². The van der Waals surface area contributed by atoms with Crippen molar-refractivity contribution in [2.45, 2.75) is 90.2 Å². The number of hydrogen-bond donors (Lipinski definition) is 5. The van der Waals surface area contributed by atoms with Crippen LogP contribution in [0.2, 0.25) is 0 Å². The Morgan fingerprint density at radius 2 is 1.30 bits per heavy atom. The van der Waals surface area contributed by atoms with Gasteiger partial charge in [0.25, 0.3) is 0 Å². The molecule has 0 spiro atoms. The van der Waals surface area contributed by atoms with E-state index in [1.54, 1.807) is 0 Å². The van der Waals surface area contributed by atoms with Gasteiger partial charge >= 0.3 is 6.09 Å². The number of amides is 3. The summed E-state index contributed by atoms with van der Waals surface area (Å²) in [7, 11) is 2.69. The van der Waals surface area contributed by atoms with Crippen molar-refractivity contribution in [1.29, 1.82) is 0 Å². The number of likely N-dealkylation sites (tertiary alicyclic amines) is 2. The van der Waals surface area contributed by atoms with E-state index in [0.29, 0.717) is 18.9 Å². The smallest absolute Gasteiger partial charge is 0.407 e. The average Bonchev–Trinajstić information content (AvgIpc) is 4.26. The number of nitrogens with zero attached hydrogens (tertiary/aromatic N) is 5. The fourth-order valence-corrected chi connectivity index (χ4v) is 10.5. The number of ether oxygens (including phenoxy) is 3. The molecule has 71 heavy (non-hydrogen) atoms. The number of aliphatic hydroxyl groups is 1. The summed E-state index contributed by atoms with van der Waals surface area (Å²) in [6.07, 6.45) is 4.43. The van der Waals surface area contributed by atoms with Gasteiger partial charge in [-0.05, 0) is 79.0 Å². The summed E-state index contributed by atoms with van der Waals surface area (Å²) in [5.74, 6) is 1.66. The van der Waals surface area contributed by atoms with E-state index in [4.69, 9.17) is 24.2 Å². The van der Waals surface area contributed by atoms with Gasteiger partial charge in [0.05, 0.1) is 60.2 Å². The molecule has 5 N–H and O–H groups in total. The molecule has 16 nitrogen and oxygen atoms in total. The van der Waals surface area contributed by atoms with Crippen LogP contribution in [0.3, 0.4) is 0 Å². The lowest BCUT2D eigenvalue weighted by atomic mass is 10.0. The van der Waals surface area contributed by atoms with Gasteiger partial charge in [-0.3, -0.25) is 14.9 Å². The van der Waals surface area contributed by atoms with Crippen molar-refractivity contribution < 1.29 is 33.7 Å². The summed E-state index contributed by atoms with van der Waals surface area (Å²) in [6.45, 7) is 8.86. The summed E-state index contributed by atoms with van der Waals surface area (Å²) in [5.41, 5.74) is 9.66. The minimum absolute atomic E-state index is 0.0745. The Kier molecular flexibility index (Phi) is 13.3. The minimum atomic E-state index is -1.25. The molecule has 6 heterocycles.